The second-order valence-corrected chi connectivity index (χ2v) is 3.88. The van der Waals surface area contributed by atoms with Gasteiger partial charge in [-0.25, -0.2) is 0 Å². The van der Waals surface area contributed by atoms with E-state index < -0.39 is 0 Å². The van der Waals surface area contributed by atoms with E-state index in [1.165, 1.54) is 0 Å². The first-order valence-corrected chi connectivity index (χ1v) is 5.63. The van der Waals surface area contributed by atoms with Crippen LogP contribution in [0.3, 0.4) is 0 Å². The molecule has 0 saturated heterocycles. The lowest BCUT2D eigenvalue weighted by atomic mass is 10.2. The van der Waals surface area contributed by atoms with E-state index in [0.717, 1.165) is 24.4 Å². The highest BCUT2D eigenvalue weighted by Gasteiger charge is 2.06. The maximum Gasteiger partial charge on any atom is 0.119 e. The van der Waals surface area contributed by atoms with E-state index in [4.69, 9.17) is 10.00 Å². The minimum Gasteiger partial charge on any atom is -0.497 e. The Morgan fingerprint density at radius 1 is 1.41 bits per heavy atom. The van der Waals surface area contributed by atoms with Crippen LogP contribution in [-0.2, 0) is 0 Å². The molecule has 1 unspecified atom stereocenters. The zero-order valence-corrected chi connectivity index (χ0v) is 10.6. The quantitative estimate of drug-likeness (QED) is 0.811. The van der Waals surface area contributed by atoms with E-state index in [-0.39, 0.29) is 6.04 Å². The summed E-state index contributed by atoms with van der Waals surface area (Å²) in [5.41, 5.74) is 1.12. The first kappa shape index (κ1) is 13.3. The van der Waals surface area contributed by atoms with Crippen molar-refractivity contribution >= 4 is 5.69 Å². The zero-order chi connectivity index (χ0) is 12.7. The first-order chi connectivity index (χ1) is 8.21. The van der Waals surface area contributed by atoms with Crippen molar-refractivity contribution in [1.82, 2.24) is 5.32 Å². The first-order valence-electron chi connectivity index (χ1n) is 5.63. The topological polar surface area (TPSA) is 48.3 Å². The minimum absolute atomic E-state index is 0.0873. The highest BCUT2D eigenvalue weighted by Crippen LogP contribution is 2.18. The van der Waals surface area contributed by atoms with Gasteiger partial charge in [0.15, 0.2) is 0 Å². The van der Waals surface area contributed by atoms with Crippen molar-refractivity contribution in [1.29, 1.82) is 5.26 Å². The Labute approximate surface area is 103 Å². The number of nitrogens with zero attached hydrogens (tertiary/aromatic N) is 2. The van der Waals surface area contributed by atoms with Crippen molar-refractivity contribution in [2.45, 2.75) is 12.5 Å². The normalized spacial score (nSPS) is 11.6. The summed E-state index contributed by atoms with van der Waals surface area (Å²) in [6.45, 7) is 0.839. The number of hydrogen-bond acceptors (Lipinski definition) is 4. The molecule has 0 amide bonds. The van der Waals surface area contributed by atoms with Crippen molar-refractivity contribution in [3.63, 3.8) is 0 Å². The monoisotopic (exact) mass is 233 g/mol. The van der Waals surface area contributed by atoms with E-state index in [0.29, 0.717) is 0 Å². The predicted molar refractivity (Wildman–Crippen MR) is 69.3 cm³/mol. The summed E-state index contributed by atoms with van der Waals surface area (Å²) in [7, 11) is 5.48. The number of benzene rings is 1. The van der Waals surface area contributed by atoms with Crippen LogP contribution in [0.4, 0.5) is 5.69 Å². The Morgan fingerprint density at radius 2 is 2.06 bits per heavy atom. The van der Waals surface area contributed by atoms with Gasteiger partial charge in [-0.2, -0.15) is 5.26 Å². The van der Waals surface area contributed by atoms with Crippen molar-refractivity contribution in [2.75, 3.05) is 32.6 Å². The second-order valence-electron chi connectivity index (χ2n) is 3.88. The Hall–Kier alpha value is -1.73. The molecule has 4 nitrogen and oxygen atoms in total. The third kappa shape index (κ3) is 3.97. The van der Waals surface area contributed by atoms with Crippen LogP contribution in [0.1, 0.15) is 6.42 Å². The number of hydrogen-bond donors (Lipinski definition) is 1. The number of methoxy groups -OCH3 is 1. The lowest BCUT2D eigenvalue weighted by molar-refractivity contribution is 0.415. The molecule has 0 radical (unpaired) electrons. The van der Waals surface area contributed by atoms with Crippen LogP contribution in [0, 0.1) is 11.3 Å². The van der Waals surface area contributed by atoms with Crippen LogP contribution in [-0.4, -0.2) is 33.8 Å². The maximum absolute atomic E-state index is 8.83. The molecule has 0 fully saturated rings. The molecule has 1 N–H and O–H groups in total. The van der Waals surface area contributed by atoms with Gasteiger partial charge in [0.25, 0.3) is 0 Å². The average molecular weight is 233 g/mol. The van der Waals surface area contributed by atoms with E-state index in [9.17, 15) is 0 Å². The third-order valence-electron chi connectivity index (χ3n) is 2.77. The van der Waals surface area contributed by atoms with Crippen LogP contribution in [0.15, 0.2) is 24.3 Å². The molecule has 0 aliphatic carbocycles. The van der Waals surface area contributed by atoms with E-state index in [1.54, 1.807) is 14.2 Å². The van der Waals surface area contributed by atoms with Crippen LogP contribution in [0.2, 0.25) is 0 Å². The van der Waals surface area contributed by atoms with Gasteiger partial charge >= 0.3 is 0 Å². The van der Waals surface area contributed by atoms with Crippen LogP contribution < -0.4 is 15.0 Å². The van der Waals surface area contributed by atoms with Crippen molar-refractivity contribution in [3.05, 3.63) is 24.3 Å². The number of nitrogens with one attached hydrogen (secondary N) is 1. The fraction of sp³-hybridized carbons (Fsp3) is 0.462. The maximum atomic E-state index is 8.83. The van der Waals surface area contributed by atoms with E-state index >= 15 is 0 Å². The van der Waals surface area contributed by atoms with Crippen LogP contribution in [0.5, 0.6) is 5.75 Å². The van der Waals surface area contributed by atoms with Gasteiger partial charge in [0.2, 0.25) is 0 Å². The number of ether oxygens (including phenoxy) is 1. The average Bonchev–Trinajstić information content (AvgIpc) is 2.39. The molecule has 0 spiro atoms. The summed E-state index contributed by atoms with van der Waals surface area (Å²) in [6.07, 6.45) is 0.801. The second kappa shape index (κ2) is 6.77. The van der Waals surface area contributed by atoms with Crippen molar-refractivity contribution < 1.29 is 4.74 Å². The van der Waals surface area contributed by atoms with Gasteiger partial charge in [-0.1, -0.05) is 0 Å². The molecule has 1 rings (SSSR count). The number of nitriles is 1. The fourth-order valence-electron chi connectivity index (χ4n) is 1.56. The van der Waals surface area contributed by atoms with E-state index in [2.05, 4.69) is 16.3 Å². The molecule has 4 heteroatoms. The standard InChI is InChI=1S/C13H19N3O/c1-15-11(10-14)8-9-16(2)12-4-6-13(17-3)7-5-12/h4-7,11,15H,8-9H2,1-3H3. The Morgan fingerprint density at radius 3 is 2.53 bits per heavy atom. The van der Waals surface area contributed by atoms with Crippen molar-refractivity contribution in [3.8, 4) is 11.8 Å². The highest BCUT2D eigenvalue weighted by molar-refractivity contribution is 5.48. The molecule has 0 heterocycles. The molecule has 92 valence electrons. The summed E-state index contributed by atoms with van der Waals surface area (Å²) in [4.78, 5) is 2.13. The van der Waals surface area contributed by atoms with Gasteiger partial charge in [-0.05, 0) is 37.7 Å². The predicted octanol–water partition coefficient (Wildman–Crippen LogP) is 1.63. The Balaban J connectivity index is 2.52. The SMILES string of the molecule is CNC(C#N)CCN(C)c1ccc(OC)cc1. The highest BCUT2D eigenvalue weighted by atomic mass is 16.5. The van der Waals surface area contributed by atoms with Gasteiger partial charge in [0.05, 0.1) is 19.2 Å². The van der Waals surface area contributed by atoms with Gasteiger partial charge in [0, 0.05) is 19.3 Å². The molecule has 1 atom stereocenters. The zero-order valence-electron chi connectivity index (χ0n) is 10.6. The number of rotatable bonds is 6. The third-order valence-corrected chi connectivity index (χ3v) is 2.77. The Bertz CT molecular complexity index is 369. The molecule has 1 aromatic carbocycles. The molecule has 0 saturated carbocycles. The smallest absolute Gasteiger partial charge is 0.119 e. The summed E-state index contributed by atoms with van der Waals surface area (Å²) < 4.78 is 5.11. The molecule has 0 aliphatic heterocycles. The number of anilines is 1. The van der Waals surface area contributed by atoms with Gasteiger partial charge in [-0.3, -0.25) is 0 Å². The Kier molecular flexibility index (Phi) is 5.31. The van der Waals surface area contributed by atoms with Crippen molar-refractivity contribution in [2.24, 2.45) is 0 Å². The van der Waals surface area contributed by atoms with Gasteiger partial charge in [0.1, 0.15) is 5.75 Å². The summed E-state index contributed by atoms with van der Waals surface area (Å²) in [6, 6.07) is 10.0. The van der Waals surface area contributed by atoms with Gasteiger partial charge < -0.3 is 15.0 Å². The molecular weight excluding hydrogens is 214 g/mol. The molecule has 1 aromatic rings. The molecule has 0 aliphatic rings. The molecule has 0 bridgehead atoms. The van der Waals surface area contributed by atoms with Gasteiger partial charge in [-0.15, -0.1) is 0 Å². The van der Waals surface area contributed by atoms with Crippen LogP contribution >= 0.6 is 0 Å². The summed E-state index contributed by atoms with van der Waals surface area (Å²) in [5.74, 6) is 0.854. The summed E-state index contributed by atoms with van der Waals surface area (Å²) in [5, 5.41) is 11.8. The fourth-order valence-corrected chi connectivity index (χ4v) is 1.56. The lowest BCUT2D eigenvalue weighted by Crippen LogP contribution is -2.29. The lowest BCUT2D eigenvalue weighted by Gasteiger charge is -2.20. The van der Waals surface area contributed by atoms with E-state index in [1.807, 2.05) is 31.3 Å². The molecule has 17 heavy (non-hydrogen) atoms. The molecular formula is C13H19N3O. The minimum atomic E-state index is -0.0873. The largest absolute Gasteiger partial charge is 0.497 e. The molecule has 0 aromatic heterocycles. The summed E-state index contributed by atoms with van der Waals surface area (Å²) >= 11 is 0. The van der Waals surface area contributed by atoms with Crippen LogP contribution in [0.25, 0.3) is 0 Å².